The van der Waals surface area contributed by atoms with Crippen LogP contribution < -0.4 is 4.90 Å². The number of aromatic amines is 2. The normalized spacial score (nSPS) is 15.1. The lowest BCUT2D eigenvalue weighted by atomic mass is 10.1. The summed E-state index contributed by atoms with van der Waals surface area (Å²) >= 11 is 0. The molecular weight excluding hydrogens is 404 g/mol. The molecule has 5 aromatic rings. The molecule has 1 aliphatic heterocycles. The second-order valence-electron chi connectivity index (χ2n) is 8.18. The molecule has 0 atom stereocenters. The summed E-state index contributed by atoms with van der Waals surface area (Å²) in [4.78, 5) is 21.3. The number of fused-ring (bicyclic) bond motifs is 2. The van der Waals surface area contributed by atoms with Crippen LogP contribution in [0.25, 0.3) is 44.6 Å². The summed E-state index contributed by atoms with van der Waals surface area (Å²) < 4.78 is 0. The Labute approximate surface area is 183 Å². The fourth-order valence-electron chi connectivity index (χ4n) is 4.31. The molecule has 6 rings (SSSR count). The molecule has 160 valence electrons. The Hall–Kier alpha value is -3.98. The van der Waals surface area contributed by atoms with E-state index in [-0.39, 0.29) is 5.75 Å². The zero-order valence-corrected chi connectivity index (χ0v) is 17.6. The first-order valence-electron chi connectivity index (χ1n) is 10.6. The van der Waals surface area contributed by atoms with Crippen molar-refractivity contribution in [2.45, 2.75) is 0 Å². The van der Waals surface area contributed by atoms with Crippen LogP contribution in [0.3, 0.4) is 0 Å². The van der Waals surface area contributed by atoms with Crippen molar-refractivity contribution in [3.8, 4) is 28.4 Å². The van der Waals surface area contributed by atoms with Gasteiger partial charge < -0.3 is 19.9 Å². The zero-order valence-electron chi connectivity index (χ0n) is 17.6. The van der Waals surface area contributed by atoms with Gasteiger partial charge in [-0.2, -0.15) is 5.10 Å². The highest BCUT2D eigenvalue weighted by atomic mass is 16.3. The third kappa shape index (κ3) is 3.14. The van der Waals surface area contributed by atoms with E-state index < -0.39 is 0 Å². The SMILES string of the molecule is CN1CCN(c2ccnc3[nH]c(-c4n[nH]c5cnc(-c6cncc(O)c6)cc45)cc23)CC1. The van der Waals surface area contributed by atoms with Crippen molar-refractivity contribution in [3.63, 3.8) is 0 Å². The Morgan fingerprint density at radius 3 is 2.69 bits per heavy atom. The molecule has 0 unspecified atom stereocenters. The van der Waals surface area contributed by atoms with Crippen LogP contribution in [0, 0.1) is 0 Å². The zero-order chi connectivity index (χ0) is 21.7. The van der Waals surface area contributed by atoms with E-state index in [0.717, 1.165) is 70.8 Å². The van der Waals surface area contributed by atoms with Crippen LogP contribution in [0.1, 0.15) is 0 Å². The molecule has 0 aliphatic carbocycles. The van der Waals surface area contributed by atoms with Gasteiger partial charge in [-0.3, -0.25) is 15.1 Å². The van der Waals surface area contributed by atoms with Crippen molar-refractivity contribution in [2.24, 2.45) is 0 Å². The van der Waals surface area contributed by atoms with Crippen molar-refractivity contribution < 1.29 is 5.11 Å². The summed E-state index contributed by atoms with van der Waals surface area (Å²) in [6.07, 6.45) is 6.70. The molecule has 0 radical (unpaired) electrons. The first kappa shape index (κ1) is 18.8. The number of hydrogen-bond acceptors (Lipinski definition) is 7. The number of aromatic hydroxyl groups is 1. The lowest BCUT2D eigenvalue weighted by Crippen LogP contribution is -2.44. The molecule has 1 fully saturated rings. The van der Waals surface area contributed by atoms with Gasteiger partial charge in [0.15, 0.2) is 0 Å². The van der Waals surface area contributed by atoms with E-state index in [0.29, 0.717) is 0 Å². The average Bonchev–Trinajstić information content (AvgIpc) is 3.43. The fraction of sp³-hybridized carbons (Fsp3) is 0.217. The molecule has 0 bridgehead atoms. The second kappa shape index (κ2) is 7.31. The van der Waals surface area contributed by atoms with Crippen LogP contribution in [0.15, 0.2) is 49.1 Å². The maximum absolute atomic E-state index is 9.78. The number of nitrogens with zero attached hydrogens (tertiary/aromatic N) is 6. The van der Waals surface area contributed by atoms with Gasteiger partial charge in [0.25, 0.3) is 0 Å². The number of rotatable bonds is 3. The smallest absolute Gasteiger partial charge is 0.139 e. The molecule has 9 nitrogen and oxygen atoms in total. The van der Waals surface area contributed by atoms with E-state index in [9.17, 15) is 5.11 Å². The highest BCUT2D eigenvalue weighted by Gasteiger charge is 2.19. The van der Waals surface area contributed by atoms with Gasteiger partial charge in [-0.1, -0.05) is 0 Å². The number of nitrogens with one attached hydrogen (secondary N) is 2. The first-order chi connectivity index (χ1) is 15.7. The summed E-state index contributed by atoms with van der Waals surface area (Å²) in [6.45, 7) is 4.08. The molecular formula is C23H22N8O. The van der Waals surface area contributed by atoms with Gasteiger partial charge in [0.05, 0.1) is 29.3 Å². The van der Waals surface area contributed by atoms with Crippen LogP contribution in [-0.4, -0.2) is 73.4 Å². The van der Waals surface area contributed by atoms with E-state index in [2.05, 4.69) is 59.1 Å². The summed E-state index contributed by atoms with van der Waals surface area (Å²) in [7, 11) is 2.16. The van der Waals surface area contributed by atoms with Gasteiger partial charge in [-0.25, -0.2) is 4.98 Å². The lowest BCUT2D eigenvalue weighted by Gasteiger charge is -2.34. The number of hydrogen-bond donors (Lipinski definition) is 3. The largest absolute Gasteiger partial charge is 0.506 e. The van der Waals surface area contributed by atoms with Crippen LogP contribution in [0.4, 0.5) is 5.69 Å². The number of anilines is 1. The van der Waals surface area contributed by atoms with E-state index in [1.165, 1.54) is 11.9 Å². The van der Waals surface area contributed by atoms with E-state index in [1.807, 2.05) is 12.3 Å². The van der Waals surface area contributed by atoms with Crippen molar-refractivity contribution >= 4 is 27.6 Å². The molecule has 0 spiro atoms. The Morgan fingerprint density at radius 2 is 1.84 bits per heavy atom. The number of aromatic nitrogens is 6. The molecule has 6 heterocycles. The summed E-state index contributed by atoms with van der Waals surface area (Å²) in [5.41, 5.74) is 6.04. The van der Waals surface area contributed by atoms with Crippen LogP contribution >= 0.6 is 0 Å². The minimum Gasteiger partial charge on any atom is -0.506 e. The maximum atomic E-state index is 9.78. The van der Waals surface area contributed by atoms with Crippen molar-refractivity contribution in [2.75, 3.05) is 38.1 Å². The molecule has 3 N–H and O–H groups in total. The molecule has 32 heavy (non-hydrogen) atoms. The number of pyridine rings is 3. The van der Waals surface area contributed by atoms with Crippen LogP contribution in [-0.2, 0) is 0 Å². The fourth-order valence-corrected chi connectivity index (χ4v) is 4.31. The van der Waals surface area contributed by atoms with Crippen molar-refractivity contribution in [3.05, 3.63) is 49.1 Å². The minimum absolute atomic E-state index is 0.106. The molecule has 5 aromatic heterocycles. The van der Waals surface area contributed by atoms with Gasteiger partial charge in [0, 0.05) is 60.6 Å². The van der Waals surface area contributed by atoms with Crippen LogP contribution in [0.2, 0.25) is 0 Å². The lowest BCUT2D eigenvalue weighted by molar-refractivity contribution is 0.313. The standard InChI is InChI=1S/C23H22N8O/c1-30-4-6-31(7-5-30)21-2-3-25-23-17(21)10-19(27-23)22-16-9-18(26-13-20(16)28-29-22)14-8-15(32)12-24-11-14/h2-3,8-13,32H,4-7H2,1H3,(H,25,27)(H,28,29). The summed E-state index contributed by atoms with van der Waals surface area (Å²) in [5.74, 6) is 0.106. The minimum atomic E-state index is 0.106. The second-order valence-corrected chi connectivity index (χ2v) is 8.18. The topological polar surface area (TPSA) is 110 Å². The van der Waals surface area contributed by atoms with E-state index in [4.69, 9.17) is 0 Å². The molecule has 1 aliphatic rings. The van der Waals surface area contributed by atoms with Gasteiger partial charge in [0.1, 0.15) is 17.1 Å². The van der Waals surface area contributed by atoms with Gasteiger partial charge in [-0.15, -0.1) is 0 Å². The Balaban J connectivity index is 1.44. The third-order valence-corrected chi connectivity index (χ3v) is 6.07. The average molecular weight is 426 g/mol. The number of likely N-dealkylation sites (N-methyl/N-ethyl adjacent to an activating group) is 1. The molecule has 0 saturated carbocycles. The Morgan fingerprint density at radius 1 is 0.969 bits per heavy atom. The van der Waals surface area contributed by atoms with Crippen molar-refractivity contribution in [1.29, 1.82) is 0 Å². The predicted octanol–water partition coefficient (Wildman–Crippen LogP) is 3.02. The van der Waals surface area contributed by atoms with Gasteiger partial charge >= 0.3 is 0 Å². The third-order valence-electron chi connectivity index (χ3n) is 6.07. The van der Waals surface area contributed by atoms with Gasteiger partial charge in [0.2, 0.25) is 0 Å². The van der Waals surface area contributed by atoms with E-state index >= 15 is 0 Å². The number of piperazine rings is 1. The van der Waals surface area contributed by atoms with E-state index in [1.54, 1.807) is 18.5 Å². The Kier molecular flexibility index (Phi) is 4.29. The highest BCUT2D eigenvalue weighted by Crippen LogP contribution is 2.34. The monoisotopic (exact) mass is 426 g/mol. The molecule has 0 amide bonds. The van der Waals surface area contributed by atoms with Crippen molar-refractivity contribution in [1.82, 2.24) is 35.0 Å². The number of H-pyrrole nitrogens is 2. The first-order valence-corrected chi connectivity index (χ1v) is 10.6. The Bertz CT molecular complexity index is 1430. The molecule has 1 saturated heterocycles. The quantitative estimate of drug-likeness (QED) is 0.407. The predicted molar refractivity (Wildman–Crippen MR) is 124 cm³/mol. The molecule has 9 heteroatoms. The maximum Gasteiger partial charge on any atom is 0.139 e. The molecule has 0 aromatic carbocycles. The summed E-state index contributed by atoms with van der Waals surface area (Å²) in [6, 6.07) is 7.83. The summed E-state index contributed by atoms with van der Waals surface area (Å²) in [5, 5.41) is 19.4. The van der Waals surface area contributed by atoms with Gasteiger partial charge in [-0.05, 0) is 31.3 Å². The van der Waals surface area contributed by atoms with Crippen LogP contribution in [0.5, 0.6) is 5.75 Å². The highest BCUT2D eigenvalue weighted by molar-refractivity contribution is 5.99.